The highest BCUT2D eigenvalue weighted by molar-refractivity contribution is 5.98. The summed E-state index contributed by atoms with van der Waals surface area (Å²) in [5.41, 5.74) is 12.7. The Bertz CT molecular complexity index is 1040. The standard InChI is InChI=1S/C23H26N6O2/c24-19-11-4-5-12-20(19)28-23-26-14-18(21(25)30)22(29-23)27-15-7-6-10-17(13-15)31-16-8-2-1-3-9-16/h1-3,6-10,13-14,19-20H,4-5,11-12,24H2,(H2,25,30)(H2,26,27,28,29)/t19-,20+/m0/s1. The number of hydrogen-bond donors (Lipinski definition) is 4. The smallest absolute Gasteiger partial charge is 0.254 e. The number of nitrogens with zero attached hydrogens (tertiary/aromatic N) is 2. The molecular formula is C23H26N6O2. The number of para-hydroxylation sites is 1. The average molecular weight is 419 g/mol. The lowest BCUT2D eigenvalue weighted by Gasteiger charge is -2.29. The summed E-state index contributed by atoms with van der Waals surface area (Å²) in [6.45, 7) is 0. The fraction of sp³-hybridized carbons (Fsp3) is 0.261. The Morgan fingerprint density at radius 2 is 1.81 bits per heavy atom. The van der Waals surface area contributed by atoms with E-state index in [-0.39, 0.29) is 17.6 Å². The van der Waals surface area contributed by atoms with Crippen LogP contribution in [0.15, 0.2) is 60.8 Å². The van der Waals surface area contributed by atoms with Crippen molar-refractivity contribution in [2.45, 2.75) is 37.8 Å². The van der Waals surface area contributed by atoms with Gasteiger partial charge in [-0.3, -0.25) is 4.79 Å². The second-order valence-corrected chi connectivity index (χ2v) is 7.59. The van der Waals surface area contributed by atoms with E-state index in [0.29, 0.717) is 23.2 Å². The molecular weight excluding hydrogens is 392 g/mol. The van der Waals surface area contributed by atoms with Crippen molar-refractivity contribution >= 4 is 23.4 Å². The topological polar surface area (TPSA) is 128 Å². The number of nitrogens with one attached hydrogen (secondary N) is 2. The summed E-state index contributed by atoms with van der Waals surface area (Å²) < 4.78 is 5.88. The van der Waals surface area contributed by atoms with Gasteiger partial charge in [0.25, 0.3) is 5.91 Å². The van der Waals surface area contributed by atoms with Gasteiger partial charge in [-0.1, -0.05) is 37.1 Å². The quantitative estimate of drug-likeness (QED) is 0.459. The minimum atomic E-state index is -0.611. The van der Waals surface area contributed by atoms with E-state index in [9.17, 15) is 4.79 Å². The predicted molar refractivity (Wildman–Crippen MR) is 121 cm³/mol. The van der Waals surface area contributed by atoms with E-state index in [2.05, 4.69) is 20.6 Å². The van der Waals surface area contributed by atoms with Crippen LogP contribution in [-0.2, 0) is 0 Å². The molecule has 3 aromatic rings. The Labute approximate surface area is 181 Å². The van der Waals surface area contributed by atoms with Crippen LogP contribution < -0.4 is 26.8 Å². The maximum absolute atomic E-state index is 11.9. The SMILES string of the molecule is NC(=O)c1cnc(N[C@@H]2CCCC[C@@H]2N)nc1Nc1cccc(Oc2ccccc2)c1. The molecule has 8 nitrogen and oxygen atoms in total. The van der Waals surface area contributed by atoms with Gasteiger partial charge in [0.1, 0.15) is 22.9 Å². The first-order valence-corrected chi connectivity index (χ1v) is 10.4. The molecule has 1 amide bonds. The van der Waals surface area contributed by atoms with Crippen molar-refractivity contribution in [3.8, 4) is 11.5 Å². The zero-order chi connectivity index (χ0) is 21.6. The molecule has 4 rings (SSSR count). The summed E-state index contributed by atoms with van der Waals surface area (Å²) in [6, 6.07) is 17.0. The van der Waals surface area contributed by atoms with E-state index in [1.54, 1.807) is 0 Å². The number of rotatable bonds is 7. The number of ether oxygens (including phenoxy) is 1. The number of hydrogen-bond acceptors (Lipinski definition) is 7. The van der Waals surface area contributed by atoms with Crippen LogP contribution in [-0.4, -0.2) is 28.0 Å². The molecule has 1 aromatic heterocycles. The number of anilines is 3. The van der Waals surface area contributed by atoms with Crippen LogP contribution >= 0.6 is 0 Å². The van der Waals surface area contributed by atoms with Crippen LogP contribution in [0.1, 0.15) is 36.0 Å². The first-order chi connectivity index (χ1) is 15.1. The summed E-state index contributed by atoms with van der Waals surface area (Å²) >= 11 is 0. The van der Waals surface area contributed by atoms with Crippen LogP contribution in [0.4, 0.5) is 17.5 Å². The first-order valence-electron chi connectivity index (χ1n) is 10.4. The van der Waals surface area contributed by atoms with Gasteiger partial charge in [-0.2, -0.15) is 4.98 Å². The Morgan fingerprint density at radius 3 is 2.58 bits per heavy atom. The van der Waals surface area contributed by atoms with Gasteiger partial charge in [0.05, 0.1) is 0 Å². The van der Waals surface area contributed by atoms with E-state index < -0.39 is 5.91 Å². The Kier molecular flexibility index (Phi) is 6.28. The normalized spacial score (nSPS) is 18.2. The third kappa shape index (κ3) is 5.29. The molecule has 0 bridgehead atoms. The van der Waals surface area contributed by atoms with Crippen LogP contribution in [0.25, 0.3) is 0 Å². The van der Waals surface area contributed by atoms with Crippen molar-refractivity contribution in [1.29, 1.82) is 0 Å². The lowest BCUT2D eigenvalue weighted by Crippen LogP contribution is -2.43. The molecule has 2 aromatic carbocycles. The summed E-state index contributed by atoms with van der Waals surface area (Å²) in [4.78, 5) is 20.7. The molecule has 0 radical (unpaired) electrons. The van der Waals surface area contributed by atoms with Gasteiger partial charge in [0.2, 0.25) is 5.95 Å². The monoisotopic (exact) mass is 418 g/mol. The van der Waals surface area contributed by atoms with E-state index in [4.69, 9.17) is 16.2 Å². The van der Waals surface area contributed by atoms with Gasteiger partial charge in [-0.05, 0) is 37.1 Å². The molecule has 6 N–H and O–H groups in total. The van der Waals surface area contributed by atoms with Crippen molar-refractivity contribution in [2.75, 3.05) is 10.6 Å². The van der Waals surface area contributed by atoms with Crippen molar-refractivity contribution in [2.24, 2.45) is 11.5 Å². The largest absolute Gasteiger partial charge is 0.457 e. The van der Waals surface area contributed by atoms with Gasteiger partial charge in [-0.15, -0.1) is 0 Å². The average Bonchev–Trinajstić information content (AvgIpc) is 2.76. The first kappa shape index (κ1) is 20.6. The van der Waals surface area contributed by atoms with Crippen molar-refractivity contribution < 1.29 is 9.53 Å². The van der Waals surface area contributed by atoms with Crippen LogP contribution in [0.5, 0.6) is 11.5 Å². The van der Waals surface area contributed by atoms with E-state index >= 15 is 0 Å². The fourth-order valence-electron chi connectivity index (χ4n) is 3.63. The Hall–Kier alpha value is -3.65. The van der Waals surface area contributed by atoms with Crippen LogP contribution in [0, 0.1) is 0 Å². The maximum atomic E-state index is 11.9. The lowest BCUT2D eigenvalue weighted by atomic mass is 9.91. The fourth-order valence-corrected chi connectivity index (χ4v) is 3.63. The molecule has 0 saturated heterocycles. The zero-order valence-electron chi connectivity index (χ0n) is 17.1. The van der Waals surface area contributed by atoms with Crippen molar-refractivity contribution in [1.82, 2.24) is 9.97 Å². The third-order valence-electron chi connectivity index (χ3n) is 5.26. The Balaban J connectivity index is 1.55. The van der Waals surface area contributed by atoms with Crippen molar-refractivity contribution in [3.63, 3.8) is 0 Å². The highest BCUT2D eigenvalue weighted by Crippen LogP contribution is 2.27. The lowest BCUT2D eigenvalue weighted by molar-refractivity contribution is 0.100. The van der Waals surface area contributed by atoms with Crippen LogP contribution in [0.2, 0.25) is 0 Å². The number of nitrogens with two attached hydrogens (primary N) is 2. The van der Waals surface area contributed by atoms with Gasteiger partial charge in [-0.25, -0.2) is 4.98 Å². The number of amides is 1. The minimum absolute atomic E-state index is 0.0522. The molecule has 1 fully saturated rings. The number of primary amides is 1. The van der Waals surface area contributed by atoms with Crippen LogP contribution in [0.3, 0.4) is 0 Å². The molecule has 1 aliphatic rings. The zero-order valence-corrected chi connectivity index (χ0v) is 17.1. The highest BCUT2D eigenvalue weighted by atomic mass is 16.5. The van der Waals surface area contributed by atoms with Gasteiger partial charge in [0, 0.05) is 30.0 Å². The number of aromatic nitrogens is 2. The second-order valence-electron chi connectivity index (χ2n) is 7.59. The summed E-state index contributed by atoms with van der Waals surface area (Å²) in [6.07, 6.45) is 5.61. The summed E-state index contributed by atoms with van der Waals surface area (Å²) in [7, 11) is 0. The molecule has 0 unspecified atom stereocenters. The predicted octanol–water partition coefficient (Wildman–Crippen LogP) is 3.79. The number of carbonyl (C=O) groups excluding carboxylic acids is 1. The van der Waals surface area contributed by atoms with E-state index in [1.165, 1.54) is 6.20 Å². The molecule has 2 atom stereocenters. The second kappa shape index (κ2) is 9.44. The molecule has 0 spiro atoms. The summed E-state index contributed by atoms with van der Waals surface area (Å²) in [5, 5.41) is 6.47. The minimum Gasteiger partial charge on any atom is -0.457 e. The van der Waals surface area contributed by atoms with Gasteiger partial charge < -0.3 is 26.8 Å². The number of carbonyl (C=O) groups is 1. The maximum Gasteiger partial charge on any atom is 0.254 e. The van der Waals surface area contributed by atoms with E-state index in [0.717, 1.165) is 31.4 Å². The van der Waals surface area contributed by atoms with E-state index in [1.807, 2.05) is 54.6 Å². The molecule has 160 valence electrons. The van der Waals surface area contributed by atoms with Gasteiger partial charge >= 0.3 is 0 Å². The number of benzene rings is 2. The molecule has 1 aliphatic carbocycles. The summed E-state index contributed by atoms with van der Waals surface area (Å²) in [5.74, 6) is 1.50. The Morgan fingerprint density at radius 1 is 1.03 bits per heavy atom. The molecule has 31 heavy (non-hydrogen) atoms. The molecule has 8 heteroatoms. The third-order valence-corrected chi connectivity index (χ3v) is 5.26. The highest BCUT2D eigenvalue weighted by Gasteiger charge is 2.23. The van der Waals surface area contributed by atoms with Crippen molar-refractivity contribution in [3.05, 3.63) is 66.4 Å². The van der Waals surface area contributed by atoms with Gasteiger partial charge in [0.15, 0.2) is 0 Å². The molecule has 1 heterocycles. The molecule has 0 aliphatic heterocycles. The molecule has 1 saturated carbocycles.